The number of hydrogen-bond acceptors (Lipinski definition) is 4. The zero-order chi connectivity index (χ0) is 16.8. The number of likely N-dealkylation sites (N-methyl/N-ethyl adjacent to an activating group) is 1. The molecule has 0 unspecified atom stereocenters. The van der Waals surface area contributed by atoms with Crippen LogP contribution in [0.3, 0.4) is 0 Å². The molecule has 128 valence electrons. The van der Waals surface area contributed by atoms with E-state index >= 15 is 0 Å². The first-order valence-electron chi connectivity index (χ1n) is 7.49. The van der Waals surface area contributed by atoms with E-state index < -0.39 is 5.82 Å². The molecular formula is C15H22ClFN4O2. The summed E-state index contributed by atoms with van der Waals surface area (Å²) in [6, 6.07) is 2.68. The average Bonchev–Trinajstić information content (AvgIpc) is 2.51. The zero-order valence-electron chi connectivity index (χ0n) is 13.4. The van der Waals surface area contributed by atoms with Gasteiger partial charge in [0.05, 0.1) is 29.6 Å². The van der Waals surface area contributed by atoms with Gasteiger partial charge in [-0.05, 0) is 26.2 Å². The van der Waals surface area contributed by atoms with Gasteiger partial charge in [0.25, 0.3) is 0 Å². The Hall–Kier alpha value is -1.57. The highest BCUT2D eigenvalue weighted by Gasteiger charge is 2.22. The SMILES string of the molecule is CN(C)CCNC(=O)Nc1ccc(Cl)c(F)c1N1CCOCC1. The first kappa shape index (κ1) is 17.8. The van der Waals surface area contributed by atoms with Gasteiger partial charge in [-0.25, -0.2) is 9.18 Å². The monoisotopic (exact) mass is 344 g/mol. The van der Waals surface area contributed by atoms with Crippen LogP contribution < -0.4 is 15.5 Å². The number of benzene rings is 1. The number of nitrogens with zero attached hydrogens (tertiary/aromatic N) is 2. The smallest absolute Gasteiger partial charge is 0.319 e. The van der Waals surface area contributed by atoms with Crippen LogP contribution in [0.4, 0.5) is 20.6 Å². The Morgan fingerprint density at radius 3 is 2.74 bits per heavy atom. The van der Waals surface area contributed by atoms with Gasteiger partial charge in [-0.2, -0.15) is 0 Å². The van der Waals surface area contributed by atoms with Crippen molar-refractivity contribution in [3.8, 4) is 0 Å². The molecule has 2 amide bonds. The Morgan fingerprint density at radius 1 is 1.39 bits per heavy atom. The lowest BCUT2D eigenvalue weighted by molar-refractivity contribution is 0.122. The second-order valence-corrected chi connectivity index (χ2v) is 5.95. The fraction of sp³-hybridized carbons (Fsp3) is 0.533. The molecule has 0 bridgehead atoms. The number of carbonyl (C=O) groups excluding carboxylic acids is 1. The maximum Gasteiger partial charge on any atom is 0.319 e. The molecule has 0 spiro atoms. The van der Waals surface area contributed by atoms with Crippen molar-refractivity contribution in [3.05, 3.63) is 23.0 Å². The molecular weight excluding hydrogens is 323 g/mol. The number of carbonyl (C=O) groups is 1. The minimum Gasteiger partial charge on any atom is -0.378 e. The van der Waals surface area contributed by atoms with Gasteiger partial charge in [0.1, 0.15) is 0 Å². The lowest BCUT2D eigenvalue weighted by Crippen LogP contribution is -2.38. The van der Waals surface area contributed by atoms with Crippen LogP contribution in [-0.4, -0.2) is 64.4 Å². The van der Waals surface area contributed by atoms with E-state index in [1.807, 2.05) is 23.9 Å². The minimum absolute atomic E-state index is 0.0325. The number of anilines is 2. The number of nitrogens with one attached hydrogen (secondary N) is 2. The van der Waals surface area contributed by atoms with Crippen LogP contribution in [0, 0.1) is 5.82 Å². The van der Waals surface area contributed by atoms with E-state index in [0.29, 0.717) is 44.2 Å². The Kier molecular flexibility index (Phi) is 6.44. The molecule has 2 rings (SSSR count). The molecule has 1 saturated heterocycles. The Morgan fingerprint density at radius 2 is 2.09 bits per heavy atom. The molecule has 8 heteroatoms. The third-order valence-corrected chi connectivity index (χ3v) is 3.78. The number of urea groups is 1. The van der Waals surface area contributed by atoms with Crippen LogP contribution in [0.25, 0.3) is 0 Å². The van der Waals surface area contributed by atoms with Crippen molar-refractivity contribution in [1.82, 2.24) is 10.2 Å². The molecule has 0 radical (unpaired) electrons. The van der Waals surface area contributed by atoms with Gasteiger partial charge in [-0.15, -0.1) is 0 Å². The largest absolute Gasteiger partial charge is 0.378 e. The van der Waals surface area contributed by atoms with Crippen molar-refractivity contribution in [3.63, 3.8) is 0 Å². The van der Waals surface area contributed by atoms with Crippen molar-refractivity contribution in [1.29, 1.82) is 0 Å². The summed E-state index contributed by atoms with van der Waals surface area (Å²) < 4.78 is 19.7. The van der Waals surface area contributed by atoms with Crippen molar-refractivity contribution >= 4 is 29.0 Å². The average molecular weight is 345 g/mol. The highest BCUT2D eigenvalue weighted by atomic mass is 35.5. The number of amides is 2. The molecule has 0 aliphatic carbocycles. The van der Waals surface area contributed by atoms with Crippen LogP contribution in [-0.2, 0) is 4.74 Å². The molecule has 1 heterocycles. The Balaban J connectivity index is 2.11. The van der Waals surface area contributed by atoms with E-state index in [4.69, 9.17) is 16.3 Å². The maximum absolute atomic E-state index is 14.5. The summed E-state index contributed by atoms with van der Waals surface area (Å²) in [4.78, 5) is 15.8. The quantitative estimate of drug-likeness (QED) is 0.858. The molecule has 1 aliphatic rings. The van der Waals surface area contributed by atoms with Crippen LogP contribution in [0.1, 0.15) is 0 Å². The second kappa shape index (κ2) is 8.33. The number of rotatable bonds is 5. The Bertz CT molecular complexity index is 551. The molecule has 1 aromatic carbocycles. The second-order valence-electron chi connectivity index (χ2n) is 5.54. The van der Waals surface area contributed by atoms with E-state index in [2.05, 4.69) is 10.6 Å². The number of ether oxygens (including phenoxy) is 1. The van der Waals surface area contributed by atoms with Gasteiger partial charge >= 0.3 is 6.03 Å². The summed E-state index contributed by atoms with van der Waals surface area (Å²) in [5.41, 5.74) is 0.708. The third-order valence-electron chi connectivity index (χ3n) is 3.49. The van der Waals surface area contributed by atoms with Crippen molar-refractivity contribution < 1.29 is 13.9 Å². The van der Waals surface area contributed by atoms with Gasteiger partial charge in [-0.1, -0.05) is 11.6 Å². The third kappa shape index (κ3) is 4.95. The molecule has 0 aromatic heterocycles. The Labute approximate surface area is 140 Å². The van der Waals surface area contributed by atoms with E-state index in [1.54, 1.807) is 6.07 Å². The summed E-state index contributed by atoms with van der Waals surface area (Å²) in [5, 5.41) is 5.47. The molecule has 2 N–H and O–H groups in total. The minimum atomic E-state index is -0.528. The van der Waals surface area contributed by atoms with Crippen molar-refractivity contribution in [2.45, 2.75) is 0 Å². The lowest BCUT2D eigenvalue weighted by Gasteiger charge is -2.31. The van der Waals surface area contributed by atoms with Gasteiger partial charge in [0.2, 0.25) is 0 Å². The highest BCUT2D eigenvalue weighted by Crippen LogP contribution is 2.34. The fourth-order valence-corrected chi connectivity index (χ4v) is 2.45. The molecule has 1 fully saturated rings. The summed E-state index contributed by atoms with van der Waals surface area (Å²) in [6.07, 6.45) is 0. The molecule has 0 atom stereocenters. The van der Waals surface area contributed by atoms with Gasteiger partial charge in [0, 0.05) is 26.2 Å². The van der Waals surface area contributed by atoms with Gasteiger partial charge < -0.3 is 25.2 Å². The van der Waals surface area contributed by atoms with Crippen LogP contribution >= 0.6 is 11.6 Å². The summed E-state index contributed by atoms with van der Waals surface area (Å²) in [7, 11) is 3.84. The number of hydrogen-bond donors (Lipinski definition) is 2. The predicted molar refractivity (Wildman–Crippen MR) is 90.0 cm³/mol. The summed E-state index contributed by atoms with van der Waals surface area (Å²) >= 11 is 5.89. The maximum atomic E-state index is 14.5. The zero-order valence-corrected chi connectivity index (χ0v) is 14.1. The first-order chi connectivity index (χ1) is 11.0. The summed E-state index contributed by atoms with van der Waals surface area (Å²) in [6.45, 7) is 3.35. The van der Waals surface area contributed by atoms with Crippen LogP contribution in [0.2, 0.25) is 5.02 Å². The summed E-state index contributed by atoms with van der Waals surface area (Å²) in [5.74, 6) is -0.528. The molecule has 0 saturated carbocycles. The predicted octanol–water partition coefficient (Wildman–Crippen LogP) is 2.00. The highest BCUT2D eigenvalue weighted by molar-refractivity contribution is 6.31. The van der Waals surface area contributed by atoms with Gasteiger partial charge in [-0.3, -0.25) is 0 Å². The lowest BCUT2D eigenvalue weighted by atomic mass is 10.2. The number of halogens is 2. The van der Waals surface area contributed by atoms with Crippen LogP contribution in [0.15, 0.2) is 12.1 Å². The van der Waals surface area contributed by atoms with E-state index in [0.717, 1.165) is 6.54 Å². The van der Waals surface area contributed by atoms with E-state index in [9.17, 15) is 9.18 Å². The van der Waals surface area contributed by atoms with E-state index in [1.165, 1.54) is 6.07 Å². The van der Waals surface area contributed by atoms with E-state index in [-0.39, 0.29) is 11.1 Å². The molecule has 23 heavy (non-hydrogen) atoms. The van der Waals surface area contributed by atoms with Crippen LogP contribution in [0.5, 0.6) is 0 Å². The van der Waals surface area contributed by atoms with Gasteiger partial charge in [0.15, 0.2) is 5.82 Å². The molecule has 6 nitrogen and oxygen atoms in total. The number of morpholine rings is 1. The van der Waals surface area contributed by atoms with Crippen molar-refractivity contribution in [2.24, 2.45) is 0 Å². The normalized spacial score (nSPS) is 14.9. The van der Waals surface area contributed by atoms with Crippen molar-refractivity contribution in [2.75, 3.05) is 63.7 Å². The standard InChI is InChI=1S/C15H22ClFN4O2/c1-20(2)6-5-18-15(22)19-12-4-3-11(16)13(17)14(12)21-7-9-23-10-8-21/h3-4H,5-10H2,1-2H3,(H2,18,19,22). The fourth-order valence-electron chi connectivity index (χ4n) is 2.30. The first-order valence-corrected chi connectivity index (χ1v) is 7.87. The molecule has 1 aromatic rings. The topological polar surface area (TPSA) is 56.8 Å². The molecule has 1 aliphatic heterocycles.